The molecule has 1 fully saturated rings. The molecule has 1 atom stereocenters. The maximum Gasteiger partial charge on any atom is 0.191 e. The molecule has 0 spiro atoms. The molecule has 2 heterocycles. The Morgan fingerprint density at radius 3 is 2.61 bits per heavy atom. The Bertz CT molecular complexity index is 760. The van der Waals surface area contributed by atoms with Crippen molar-refractivity contribution in [2.45, 2.75) is 31.3 Å². The van der Waals surface area contributed by atoms with Crippen LogP contribution in [0.15, 0.2) is 47.5 Å². The highest BCUT2D eigenvalue weighted by Crippen LogP contribution is 2.35. The Balaban J connectivity index is 1.69. The molecular formula is C21H28ClN3O2S. The monoisotopic (exact) mass is 421 g/mol. The van der Waals surface area contributed by atoms with Crippen molar-refractivity contribution in [3.05, 3.63) is 57.2 Å². The number of thiophene rings is 1. The summed E-state index contributed by atoms with van der Waals surface area (Å²) in [6.07, 6.45) is 1.29. The molecule has 152 valence electrons. The summed E-state index contributed by atoms with van der Waals surface area (Å²) in [4.78, 5) is 5.71. The normalized spacial score (nSPS) is 17.9. The standard InChI is InChI=1S/C21H28ClN3O2S/c1-2-23-20(24-14-17(26)18-8-9-19(22)28-18)25-15-21(10-12-27-13-11-21)16-6-4-3-5-7-16/h3-9,17,26H,2,10-15H2,1H3,(H2,23,24,25). The third-order valence-electron chi connectivity index (χ3n) is 5.11. The minimum Gasteiger partial charge on any atom is -0.386 e. The molecular weight excluding hydrogens is 394 g/mol. The van der Waals surface area contributed by atoms with Gasteiger partial charge in [0.05, 0.1) is 10.9 Å². The van der Waals surface area contributed by atoms with Gasteiger partial charge in [-0.2, -0.15) is 0 Å². The van der Waals surface area contributed by atoms with E-state index in [9.17, 15) is 5.11 Å². The zero-order chi connectivity index (χ0) is 19.8. The summed E-state index contributed by atoms with van der Waals surface area (Å²) in [5.74, 6) is 0.714. The Kier molecular flexibility index (Phi) is 7.73. The highest BCUT2D eigenvalue weighted by molar-refractivity contribution is 7.16. The van der Waals surface area contributed by atoms with E-state index >= 15 is 0 Å². The third-order valence-corrected chi connectivity index (χ3v) is 6.44. The number of aliphatic imine (C=N–C) groups is 1. The number of nitrogens with zero attached hydrogens (tertiary/aromatic N) is 1. The fourth-order valence-corrected chi connectivity index (χ4v) is 4.51. The molecule has 2 aromatic rings. The van der Waals surface area contributed by atoms with Crippen molar-refractivity contribution in [3.8, 4) is 0 Å². The van der Waals surface area contributed by atoms with Crippen LogP contribution in [0.1, 0.15) is 36.3 Å². The van der Waals surface area contributed by atoms with Gasteiger partial charge in [-0.15, -0.1) is 11.3 Å². The smallest absolute Gasteiger partial charge is 0.191 e. The van der Waals surface area contributed by atoms with Gasteiger partial charge < -0.3 is 20.5 Å². The van der Waals surface area contributed by atoms with Gasteiger partial charge in [0.1, 0.15) is 6.10 Å². The molecule has 3 N–H and O–H groups in total. The molecule has 5 nitrogen and oxygen atoms in total. The van der Waals surface area contributed by atoms with Gasteiger partial charge in [0.15, 0.2) is 5.96 Å². The minimum atomic E-state index is -0.618. The van der Waals surface area contributed by atoms with E-state index in [1.165, 1.54) is 16.9 Å². The van der Waals surface area contributed by atoms with Gasteiger partial charge >= 0.3 is 0 Å². The first-order chi connectivity index (χ1) is 13.6. The van der Waals surface area contributed by atoms with Crippen molar-refractivity contribution in [1.82, 2.24) is 10.6 Å². The number of rotatable bonds is 7. The highest BCUT2D eigenvalue weighted by Gasteiger charge is 2.34. The van der Waals surface area contributed by atoms with Gasteiger partial charge in [-0.25, -0.2) is 0 Å². The van der Waals surface area contributed by atoms with Crippen LogP contribution in [0.4, 0.5) is 0 Å². The van der Waals surface area contributed by atoms with Crippen molar-refractivity contribution < 1.29 is 9.84 Å². The average molecular weight is 422 g/mol. The fraction of sp³-hybridized carbons (Fsp3) is 0.476. The lowest BCUT2D eigenvalue weighted by atomic mass is 9.74. The van der Waals surface area contributed by atoms with Crippen LogP contribution in [-0.4, -0.2) is 43.9 Å². The van der Waals surface area contributed by atoms with E-state index in [2.05, 4.69) is 34.9 Å². The van der Waals surface area contributed by atoms with Crippen LogP contribution >= 0.6 is 22.9 Å². The summed E-state index contributed by atoms with van der Waals surface area (Å²) in [6, 6.07) is 14.2. The first-order valence-electron chi connectivity index (χ1n) is 9.72. The van der Waals surface area contributed by atoms with Crippen molar-refractivity contribution in [2.24, 2.45) is 4.99 Å². The number of ether oxygens (including phenoxy) is 1. The van der Waals surface area contributed by atoms with E-state index in [0.717, 1.165) is 37.5 Å². The van der Waals surface area contributed by atoms with Crippen LogP contribution in [0.25, 0.3) is 0 Å². The van der Waals surface area contributed by atoms with Gasteiger partial charge in [-0.1, -0.05) is 41.9 Å². The molecule has 0 aliphatic carbocycles. The second kappa shape index (κ2) is 10.3. The Morgan fingerprint density at radius 2 is 1.96 bits per heavy atom. The molecule has 0 saturated carbocycles. The molecule has 0 amide bonds. The lowest BCUT2D eigenvalue weighted by Crippen LogP contribution is -2.42. The van der Waals surface area contributed by atoms with Crippen LogP contribution in [0, 0.1) is 0 Å². The molecule has 1 aliphatic rings. The lowest BCUT2D eigenvalue weighted by molar-refractivity contribution is 0.0531. The van der Waals surface area contributed by atoms with Gasteiger partial charge in [0.2, 0.25) is 0 Å². The van der Waals surface area contributed by atoms with Crippen LogP contribution in [0.5, 0.6) is 0 Å². The number of aliphatic hydroxyl groups is 1. The number of hydrogen-bond donors (Lipinski definition) is 3. The van der Waals surface area contributed by atoms with Crippen LogP contribution in [-0.2, 0) is 10.2 Å². The lowest BCUT2D eigenvalue weighted by Gasteiger charge is -2.36. The zero-order valence-electron chi connectivity index (χ0n) is 16.2. The maximum absolute atomic E-state index is 10.4. The van der Waals surface area contributed by atoms with Crippen molar-refractivity contribution >= 4 is 28.9 Å². The first-order valence-corrected chi connectivity index (χ1v) is 10.9. The molecule has 1 saturated heterocycles. The van der Waals surface area contributed by atoms with E-state index in [0.29, 0.717) is 23.4 Å². The minimum absolute atomic E-state index is 0.0121. The summed E-state index contributed by atoms with van der Waals surface area (Å²) in [5.41, 5.74) is 1.30. The second-order valence-electron chi connectivity index (χ2n) is 6.99. The summed E-state index contributed by atoms with van der Waals surface area (Å²) in [5, 5.41) is 16.9. The number of guanidine groups is 1. The predicted octanol–water partition coefficient (Wildman–Crippen LogP) is 3.74. The Labute approximate surface area is 175 Å². The van der Waals surface area contributed by atoms with Gasteiger partial charge in [0, 0.05) is 36.6 Å². The molecule has 1 aromatic heterocycles. The number of halogens is 1. The van der Waals surface area contributed by atoms with Crippen molar-refractivity contribution in [3.63, 3.8) is 0 Å². The summed E-state index contributed by atoms with van der Waals surface area (Å²) in [7, 11) is 0. The quantitative estimate of drug-likeness (QED) is 0.470. The van der Waals surface area contributed by atoms with Crippen molar-refractivity contribution in [2.75, 3.05) is 32.8 Å². The predicted molar refractivity (Wildman–Crippen MR) is 116 cm³/mol. The van der Waals surface area contributed by atoms with E-state index < -0.39 is 6.10 Å². The molecule has 1 unspecified atom stereocenters. The maximum atomic E-state index is 10.4. The number of hydrogen-bond acceptors (Lipinski definition) is 4. The van der Waals surface area contributed by atoms with E-state index in [4.69, 9.17) is 21.3 Å². The second-order valence-corrected chi connectivity index (χ2v) is 8.74. The van der Waals surface area contributed by atoms with Crippen molar-refractivity contribution in [1.29, 1.82) is 0 Å². The van der Waals surface area contributed by atoms with E-state index in [1.54, 1.807) is 6.07 Å². The fourth-order valence-electron chi connectivity index (χ4n) is 3.47. The van der Waals surface area contributed by atoms with Crippen LogP contribution < -0.4 is 10.6 Å². The van der Waals surface area contributed by atoms with Crippen LogP contribution in [0.2, 0.25) is 4.34 Å². The van der Waals surface area contributed by atoms with Crippen LogP contribution in [0.3, 0.4) is 0 Å². The number of benzene rings is 1. The van der Waals surface area contributed by atoms with Gasteiger partial charge in [-0.05, 0) is 37.5 Å². The van der Waals surface area contributed by atoms with Gasteiger partial charge in [-0.3, -0.25) is 4.99 Å². The summed E-state index contributed by atoms with van der Waals surface area (Å²) >= 11 is 7.36. The summed E-state index contributed by atoms with van der Waals surface area (Å²) < 4.78 is 6.29. The topological polar surface area (TPSA) is 65.9 Å². The number of aliphatic hydroxyl groups excluding tert-OH is 1. The summed E-state index contributed by atoms with van der Waals surface area (Å²) in [6.45, 7) is 5.36. The molecule has 1 aromatic carbocycles. The average Bonchev–Trinajstić information content (AvgIpc) is 3.17. The molecule has 0 bridgehead atoms. The highest BCUT2D eigenvalue weighted by atomic mass is 35.5. The molecule has 1 aliphatic heterocycles. The largest absolute Gasteiger partial charge is 0.386 e. The van der Waals surface area contributed by atoms with E-state index in [1.807, 2.05) is 19.1 Å². The SMILES string of the molecule is CCNC(=NCC1(c2ccccc2)CCOCC1)NCC(O)c1ccc(Cl)s1. The van der Waals surface area contributed by atoms with E-state index in [-0.39, 0.29) is 5.41 Å². The molecule has 28 heavy (non-hydrogen) atoms. The Morgan fingerprint density at radius 1 is 1.21 bits per heavy atom. The molecule has 7 heteroatoms. The Hall–Kier alpha value is -1.60. The van der Waals surface area contributed by atoms with Gasteiger partial charge in [0.25, 0.3) is 0 Å². The first kappa shape index (κ1) is 21.1. The third kappa shape index (κ3) is 5.47. The molecule has 3 rings (SSSR count). The zero-order valence-corrected chi connectivity index (χ0v) is 17.7. The molecule has 0 radical (unpaired) electrons. The number of nitrogens with one attached hydrogen (secondary N) is 2.